The smallest absolute Gasteiger partial charge is 0.267 e. The molecule has 1 amide bonds. The fourth-order valence-corrected chi connectivity index (χ4v) is 1.02. The lowest BCUT2D eigenvalue weighted by Gasteiger charge is -1.99. The van der Waals surface area contributed by atoms with Crippen LogP contribution in [0.5, 0.6) is 0 Å². The number of pyridine rings is 1. The second kappa shape index (κ2) is 3.25. The molecule has 2 aromatic rings. The number of amides is 1. The molecule has 6 heteroatoms. The van der Waals surface area contributed by atoms with Crippen LogP contribution in [0.2, 0.25) is 0 Å². The van der Waals surface area contributed by atoms with Crippen LogP contribution in [0.3, 0.4) is 0 Å². The monoisotopic (exact) mass is 189 g/mol. The number of nitrogens with two attached hydrogens (primary N) is 1. The molecule has 2 aromatic heterocycles. The molecular formula is C8H7N5O. The molecule has 0 unspecified atom stereocenters. The third kappa shape index (κ3) is 1.45. The van der Waals surface area contributed by atoms with Gasteiger partial charge in [0.1, 0.15) is 5.69 Å². The highest BCUT2D eigenvalue weighted by Crippen LogP contribution is 2.02. The quantitative estimate of drug-likeness (QED) is 0.706. The van der Waals surface area contributed by atoms with E-state index >= 15 is 0 Å². The number of aromatic nitrogens is 4. The summed E-state index contributed by atoms with van der Waals surface area (Å²) >= 11 is 0. The molecular weight excluding hydrogens is 182 g/mol. The van der Waals surface area contributed by atoms with Crippen molar-refractivity contribution < 1.29 is 4.79 Å². The van der Waals surface area contributed by atoms with Gasteiger partial charge in [-0.05, 0) is 12.1 Å². The van der Waals surface area contributed by atoms with Gasteiger partial charge in [0, 0.05) is 0 Å². The predicted molar refractivity (Wildman–Crippen MR) is 47.7 cm³/mol. The first-order valence-corrected chi connectivity index (χ1v) is 3.91. The van der Waals surface area contributed by atoms with Gasteiger partial charge in [-0.25, -0.2) is 9.67 Å². The summed E-state index contributed by atoms with van der Waals surface area (Å²) in [6.45, 7) is 0. The summed E-state index contributed by atoms with van der Waals surface area (Å²) in [5.74, 6) is -0.0502. The van der Waals surface area contributed by atoms with Crippen LogP contribution >= 0.6 is 0 Å². The Labute approximate surface area is 79.4 Å². The Morgan fingerprint density at radius 3 is 2.93 bits per heavy atom. The Bertz CT molecular complexity index is 451. The molecule has 0 bridgehead atoms. The largest absolute Gasteiger partial charge is 0.364 e. The Hall–Kier alpha value is -2.24. The van der Waals surface area contributed by atoms with Gasteiger partial charge in [0.05, 0.1) is 12.4 Å². The first-order chi connectivity index (χ1) is 6.77. The molecule has 0 aliphatic heterocycles. The number of primary amides is 1. The molecule has 0 fully saturated rings. The maximum absolute atomic E-state index is 10.8. The minimum Gasteiger partial charge on any atom is -0.364 e. The minimum absolute atomic E-state index is 0.206. The van der Waals surface area contributed by atoms with Crippen molar-refractivity contribution in [3.8, 4) is 5.82 Å². The summed E-state index contributed by atoms with van der Waals surface area (Å²) < 4.78 is 1.45. The summed E-state index contributed by atoms with van der Waals surface area (Å²) in [4.78, 5) is 14.8. The zero-order chi connectivity index (χ0) is 9.97. The molecule has 14 heavy (non-hydrogen) atoms. The second-order valence-electron chi connectivity index (χ2n) is 2.59. The first kappa shape index (κ1) is 8.36. The highest BCUT2D eigenvalue weighted by Gasteiger charge is 2.04. The fraction of sp³-hybridized carbons (Fsp3) is 0. The molecule has 0 atom stereocenters. The maximum Gasteiger partial charge on any atom is 0.267 e. The van der Waals surface area contributed by atoms with Gasteiger partial charge in [-0.1, -0.05) is 11.3 Å². The van der Waals surface area contributed by atoms with Crippen LogP contribution in [0, 0.1) is 0 Å². The number of rotatable bonds is 2. The number of nitrogens with zero attached hydrogens (tertiary/aromatic N) is 4. The normalized spacial score (nSPS) is 10.0. The lowest BCUT2D eigenvalue weighted by atomic mass is 10.3. The van der Waals surface area contributed by atoms with Crippen molar-refractivity contribution in [3.63, 3.8) is 0 Å². The summed E-state index contributed by atoms with van der Waals surface area (Å²) in [5.41, 5.74) is 5.30. The van der Waals surface area contributed by atoms with Crippen LogP contribution in [0.4, 0.5) is 0 Å². The predicted octanol–water partition coefficient (Wildman–Crippen LogP) is -0.239. The van der Waals surface area contributed by atoms with Crippen molar-refractivity contribution in [2.75, 3.05) is 0 Å². The Morgan fingerprint density at radius 1 is 1.43 bits per heavy atom. The van der Waals surface area contributed by atoms with E-state index in [0.29, 0.717) is 5.82 Å². The van der Waals surface area contributed by atoms with E-state index in [0.717, 1.165) is 0 Å². The molecule has 0 saturated heterocycles. The average Bonchev–Trinajstić information content (AvgIpc) is 2.71. The van der Waals surface area contributed by atoms with E-state index in [4.69, 9.17) is 5.73 Å². The molecule has 2 rings (SSSR count). The summed E-state index contributed by atoms with van der Waals surface area (Å²) in [6, 6.07) is 4.94. The Balaban J connectivity index is 2.46. The van der Waals surface area contributed by atoms with Crippen molar-refractivity contribution in [2.24, 2.45) is 5.73 Å². The molecule has 2 N–H and O–H groups in total. The van der Waals surface area contributed by atoms with E-state index in [1.165, 1.54) is 10.9 Å². The van der Waals surface area contributed by atoms with Crippen LogP contribution in [-0.2, 0) is 0 Å². The van der Waals surface area contributed by atoms with E-state index in [1.54, 1.807) is 24.4 Å². The Morgan fingerprint density at radius 2 is 2.29 bits per heavy atom. The summed E-state index contributed by atoms with van der Waals surface area (Å²) in [5, 5.41) is 7.37. The van der Waals surface area contributed by atoms with Crippen molar-refractivity contribution in [2.45, 2.75) is 0 Å². The number of carbonyl (C=O) groups excluding carboxylic acids is 1. The third-order valence-electron chi connectivity index (χ3n) is 1.64. The summed E-state index contributed by atoms with van der Waals surface area (Å²) in [6.07, 6.45) is 3.16. The van der Waals surface area contributed by atoms with Gasteiger partial charge in [-0.3, -0.25) is 4.79 Å². The molecule has 0 saturated carbocycles. The van der Waals surface area contributed by atoms with Crippen LogP contribution < -0.4 is 5.73 Å². The standard InChI is InChI=1S/C8H7N5O/c9-8(14)6-2-1-3-7(11-6)13-5-4-10-12-13/h1-5H,(H2,9,14). The highest BCUT2D eigenvalue weighted by molar-refractivity contribution is 5.90. The first-order valence-electron chi connectivity index (χ1n) is 3.91. The molecule has 0 aliphatic rings. The lowest BCUT2D eigenvalue weighted by Crippen LogP contribution is -2.14. The topological polar surface area (TPSA) is 86.7 Å². The number of carbonyl (C=O) groups is 1. The second-order valence-corrected chi connectivity index (χ2v) is 2.59. The summed E-state index contributed by atoms with van der Waals surface area (Å²) in [7, 11) is 0. The van der Waals surface area contributed by atoms with Crippen molar-refractivity contribution in [1.29, 1.82) is 0 Å². The fourth-order valence-electron chi connectivity index (χ4n) is 1.02. The van der Waals surface area contributed by atoms with Gasteiger partial charge < -0.3 is 5.73 Å². The molecule has 6 nitrogen and oxygen atoms in total. The average molecular weight is 189 g/mol. The van der Waals surface area contributed by atoms with Crippen LogP contribution in [0.15, 0.2) is 30.6 Å². The molecule has 70 valence electrons. The van der Waals surface area contributed by atoms with E-state index < -0.39 is 5.91 Å². The number of hydrogen-bond donors (Lipinski definition) is 1. The molecule has 0 aliphatic carbocycles. The van der Waals surface area contributed by atoms with Crippen molar-refractivity contribution >= 4 is 5.91 Å². The third-order valence-corrected chi connectivity index (χ3v) is 1.64. The number of hydrogen-bond acceptors (Lipinski definition) is 4. The molecule has 2 heterocycles. The van der Waals surface area contributed by atoms with E-state index in [2.05, 4.69) is 15.3 Å². The minimum atomic E-state index is -0.563. The zero-order valence-corrected chi connectivity index (χ0v) is 7.16. The van der Waals surface area contributed by atoms with Crippen LogP contribution in [0.1, 0.15) is 10.5 Å². The highest BCUT2D eigenvalue weighted by atomic mass is 16.1. The molecule has 0 spiro atoms. The van der Waals surface area contributed by atoms with E-state index in [1.807, 2.05) is 0 Å². The van der Waals surface area contributed by atoms with Gasteiger partial charge in [-0.15, -0.1) is 5.10 Å². The zero-order valence-electron chi connectivity index (χ0n) is 7.16. The SMILES string of the molecule is NC(=O)c1cccc(-n2ccnn2)n1. The maximum atomic E-state index is 10.8. The van der Waals surface area contributed by atoms with Gasteiger partial charge >= 0.3 is 0 Å². The van der Waals surface area contributed by atoms with Gasteiger partial charge in [0.25, 0.3) is 5.91 Å². The molecule has 0 radical (unpaired) electrons. The van der Waals surface area contributed by atoms with Gasteiger partial charge in [0.2, 0.25) is 0 Å². The van der Waals surface area contributed by atoms with Crippen LogP contribution in [0.25, 0.3) is 5.82 Å². The van der Waals surface area contributed by atoms with Crippen LogP contribution in [-0.4, -0.2) is 25.9 Å². The van der Waals surface area contributed by atoms with Crippen molar-refractivity contribution in [1.82, 2.24) is 20.0 Å². The van der Waals surface area contributed by atoms with Gasteiger partial charge in [0.15, 0.2) is 5.82 Å². The lowest BCUT2D eigenvalue weighted by molar-refractivity contribution is 0.0995. The van der Waals surface area contributed by atoms with E-state index in [-0.39, 0.29) is 5.69 Å². The van der Waals surface area contributed by atoms with Crippen molar-refractivity contribution in [3.05, 3.63) is 36.3 Å². The van der Waals surface area contributed by atoms with E-state index in [9.17, 15) is 4.79 Å². The van der Waals surface area contributed by atoms with Gasteiger partial charge in [-0.2, -0.15) is 0 Å². The molecule has 0 aromatic carbocycles. The Kier molecular flexibility index (Phi) is 1.94.